The molecule has 0 spiro atoms. The number of hydrogen-bond donors (Lipinski definition) is 2. The van der Waals surface area contributed by atoms with Gasteiger partial charge >= 0.3 is 0 Å². The molecule has 120 valence electrons. The third-order valence-electron chi connectivity index (χ3n) is 3.79. The highest BCUT2D eigenvalue weighted by Crippen LogP contribution is 2.25. The van der Waals surface area contributed by atoms with E-state index < -0.39 is 0 Å². The Morgan fingerprint density at radius 2 is 2.14 bits per heavy atom. The Morgan fingerprint density at radius 1 is 1.41 bits per heavy atom. The van der Waals surface area contributed by atoms with Crippen molar-refractivity contribution in [2.45, 2.75) is 33.1 Å². The summed E-state index contributed by atoms with van der Waals surface area (Å²) in [6.07, 6.45) is 1.56. The van der Waals surface area contributed by atoms with Crippen molar-refractivity contribution in [3.8, 4) is 0 Å². The summed E-state index contributed by atoms with van der Waals surface area (Å²) < 4.78 is 0. The molecule has 0 aliphatic heterocycles. The zero-order valence-electron chi connectivity index (χ0n) is 13.2. The third-order valence-corrected chi connectivity index (χ3v) is 4.89. The summed E-state index contributed by atoms with van der Waals surface area (Å²) >= 11 is 1.52. The number of nitrogens with one attached hydrogen (secondary N) is 1. The summed E-state index contributed by atoms with van der Waals surface area (Å²) in [6, 6.07) is 0. The van der Waals surface area contributed by atoms with Crippen LogP contribution in [0, 0.1) is 13.8 Å². The van der Waals surface area contributed by atoms with Crippen molar-refractivity contribution < 1.29 is 4.79 Å². The molecule has 7 heteroatoms. The first-order valence-electron chi connectivity index (χ1n) is 7.37. The average molecular weight is 322 g/mol. The van der Waals surface area contributed by atoms with Crippen LogP contribution in [0.5, 0.6) is 0 Å². The van der Waals surface area contributed by atoms with Crippen LogP contribution in [0.4, 0.5) is 0 Å². The lowest BCUT2D eigenvalue weighted by atomic mass is 10.2. The van der Waals surface area contributed by atoms with E-state index in [4.69, 9.17) is 5.73 Å². The van der Waals surface area contributed by atoms with Gasteiger partial charge in [0.2, 0.25) is 5.91 Å². The van der Waals surface area contributed by atoms with Crippen molar-refractivity contribution in [2.75, 3.05) is 20.1 Å². The van der Waals surface area contributed by atoms with Crippen molar-refractivity contribution >= 4 is 27.5 Å². The van der Waals surface area contributed by atoms with Crippen LogP contribution >= 0.6 is 11.3 Å². The minimum atomic E-state index is -0.120. The standard InChI is InChI=1S/C15H22N4O2S/c1-9-10(2)22-15-13(9)14(21)17-11(18-15)5-6-12(20)19(3)8-4-7-16/h4-8,16H2,1-3H3,(H,17,18,21). The second-order valence-electron chi connectivity index (χ2n) is 5.43. The van der Waals surface area contributed by atoms with E-state index >= 15 is 0 Å². The molecule has 3 N–H and O–H groups in total. The van der Waals surface area contributed by atoms with Gasteiger partial charge in [-0.05, 0) is 32.4 Å². The summed E-state index contributed by atoms with van der Waals surface area (Å²) in [7, 11) is 1.77. The van der Waals surface area contributed by atoms with Gasteiger partial charge in [-0.3, -0.25) is 9.59 Å². The Balaban J connectivity index is 2.09. The van der Waals surface area contributed by atoms with Crippen LogP contribution in [0.15, 0.2) is 4.79 Å². The maximum Gasteiger partial charge on any atom is 0.259 e. The van der Waals surface area contributed by atoms with Crippen molar-refractivity contribution in [3.63, 3.8) is 0 Å². The predicted molar refractivity (Wildman–Crippen MR) is 89.3 cm³/mol. The Labute approximate surface area is 133 Å². The number of aromatic nitrogens is 2. The predicted octanol–water partition coefficient (Wildman–Crippen LogP) is 1.34. The molecule has 0 aromatic carbocycles. The molecule has 0 saturated heterocycles. The molecule has 6 nitrogen and oxygen atoms in total. The number of thiophene rings is 1. The summed E-state index contributed by atoms with van der Waals surface area (Å²) in [6.45, 7) is 5.14. The number of nitrogens with two attached hydrogens (primary N) is 1. The number of aryl methyl sites for hydroxylation is 3. The van der Waals surface area contributed by atoms with Gasteiger partial charge < -0.3 is 15.6 Å². The van der Waals surface area contributed by atoms with Gasteiger partial charge in [-0.25, -0.2) is 4.98 Å². The molecule has 2 rings (SSSR count). The number of carbonyl (C=O) groups excluding carboxylic acids is 1. The lowest BCUT2D eigenvalue weighted by Gasteiger charge is -2.16. The van der Waals surface area contributed by atoms with Gasteiger partial charge in [0.15, 0.2) is 0 Å². The van der Waals surface area contributed by atoms with Crippen LogP contribution in [0.3, 0.4) is 0 Å². The van der Waals surface area contributed by atoms with E-state index in [-0.39, 0.29) is 11.5 Å². The fourth-order valence-corrected chi connectivity index (χ4v) is 3.34. The highest BCUT2D eigenvalue weighted by molar-refractivity contribution is 7.18. The van der Waals surface area contributed by atoms with Crippen LogP contribution in [-0.4, -0.2) is 40.9 Å². The molecule has 1 amide bonds. The van der Waals surface area contributed by atoms with Crippen molar-refractivity contribution in [3.05, 3.63) is 26.6 Å². The monoisotopic (exact) mass is 322 g/mol. The average Bonchev–Trinajstić information content (AvgIpc) is 2.77. The van der Waals surface area contributed by atoms with Crippen molar-refractivity contribution in [1.82, 2.24) is 14.9 Å². The third kappa shape index (κ3) is 3.53. The summed E-state index contributed by atoms with van der Waals surface area (Å²) in [5.41, 5.74) is 6.30. The van der Waals surface area contributed by atoms with E-state index in [0.717, 1.165) is 21.7 Å². The minimum Gasteiger partial charge on any atom is -0.346 e. The van der Waals surface area contributed by atoms with E-state index in [2.05, 4.69) is 9.97 Å². The highest BCUT2D eigenvalue weighted by atomic mass is 32.1. The fourth-order valence-electron chi connectivity index (χ4n) is 2.29. The van der Waals surface area contributed by atoms with E-state index in [1.165, 1.54) is 11.3 Å². The topological polar surface area (TPSA) is 92.1 Å². The van der Waals surface area contributed by atoms with Crippen LogP contribution in [0.25, 0.3) is 10.2 Å². The Bertz CT molecular complexity index is 735. The first kappa shape index (κ1) is 16.6. The number of nitrogens with zero attached hydrogens (tertiary/aromatic N) is 2. The van der Waals surface area contributed by atoms with E-state index in [9.17, 15) is 9.59 Å². The molecule has 2 aromatic rings. The molecule has 0 aliphatic carbocycles. The first-order chi connectivity index (χ1) is 10.4. The van der Waals surface area contributed by atoms with E-state index in [1.54, 1.807) is 11.9 Å². The van der Waals surface area contributed by atoms with Gasteiger partial charge in [0.05, 0.1) is 5.39 Å². The van der Waals surface area contributed by atoms with Gasteiger partial charge in [0.25, 0.3) is 5.56 Å². The molecule has 0 radical (unpaired) electrons. The van der Waals surface area contributed by atoms with Crippen LogP contribution in [0.2, 0.25) is 0 Å². The molecular weight excluding hydrogens is 300 g/mol. The van der Waals surface area contributed by atoms with E-state index in [0.29, 0.717) is 37.1 Å². The number of carbonyl (C=O) groups is 1. The molecule has 0 bridgehead atoms. The van der Waals surface area contributed by atoms with Crippen LogP contribution in [0.1, 0.15) is 29.1 Å². The van der Waals surface area contributed by atoms with Gasteiger partial charge in [-0.2, -0.15) is 0 Å². The highest BCUT2D eigenvalue weighted by Gasteiger charge is 2.13. The van der Waals surface area contributed by atoms with Crippen molar-refractivity contribution in [1.29, 1.82) is 0 Å². The Morgan fingerprint density at radius 3 is 2.82 bits per heavy atom. The summed E-state index contributed by atoms with van der Waals surface area (Å²) in [4.78, 5) is 34.9. The number of rotatable bonds is 6. The Hall–Kier alpha value is -1.73. The molecule has 0 unspecified atom stereocenters. The number of H-pyrrole nitrogens is 1. The zero-order valence-corrected chi connectivity index (χ0v) is 14.0. The normalized spacial score (nSPS) is 11.1. The molecule has 2 aromatic heterocycles. The maximum absolute atomic E-state index is 12.2. The van der Waals surface area contributed by atoms with Gasteiger partial charge in [-0.1, -0.05) is 0 Å². The van der Waals surface area contributed by atoms with Gasteiger partial charge in [-0.15, -0.1) is 11.3 Å². The molecule has 22 heavy (non-hydrogen) atoms. The zero-order chi connectivity index (χ0) is 16.3. The van der Waals surface area contributed by atoms with Gasteiger partial charge in [0.1, 0.15) is 10.7 Å². The molecule has 0 fully saturated rings. The molecule has 0 saturated carbocycles. The Kier molecular flexibility index (Phi) is 5.31. The van der Waals surface area contributed by atoms with Crippen LogP contribution in [-0.2, 0) is 11.2 Å². The molecular formula is C15H22N4O2S. The molecule has 0 atom stereocenters. The SMILES string of the molecule is Cc1sc2nc(CCC(=O)N(C)CCCN)[nH]c(=O)c2c1C. The van der Waals surface area contributed by atoms with Crippen LogP contribution < -0.4 is 11.3 Å². The summed E-state index contributed by atoms with van der Waals surface area (Å²) in [5.74, 6) is 0.606. The lowest BCUT2D eigenvalue weighted by molar-refractivity contribution is -0.129. The largest absolute Gasteiger partial charge is 0.346 e. The second-order valence-corrected chi connectivity index (χ2v) is 6.64. The number of amides is 1. The smallest absolute Gasteiger partial charge is 0.259 e. The van der Waals surface area contributed by atoms with Crippen molar-refractivity contribution in [2.24, 2.45) is 5.73 Å². The summed E-state index contributed by atoms with van der Waals surface area (Å²) in [5, 5.41) is 0.664. The fraction of sp³-hybridized carbons (Fsp3) is 0.533. The number of aromatic amines is 1. The minimum absolute atomic E-state index is 0.0368. The maximum atomic E-state index is 12.2. The molecule has 0 aliphatic rings. The molecule has 2 heterocycles. The van der Waals surface area contributed by atoms with E-state index in [1.807, 2.05) is 13.8 Å². The number of hydrogen-bond acceptors (Lipinski definition) is 5. The first-order valence-corrected chi connectivity index (χ1v) is 8.18. The quantitative estimate of drug-likeness (QED) is 0.839. The van der Waals surface area contributed by atoms with Gasteiger partial charge in [0, 0.05) is 31.3 Å². The number of fused-ring (bicyclic) bond motifs is 1. The lowest BCUT2D eigenvalue weighted by Crippen LogP contribution is -2.29. The second kappa shape index (κ2) is 7.02.